The van der Waals surface area contributed by atoms with Crippen LogP contribution in [-0.2, 0) is 9.53 Å². The quantitative estimate of drug-likeness (QED) is 0.614. The van der Waals surface area contributed by atoms with Gasteiger partial charge in [-0.2, -0.15) is 0 Å². The number of thiophene rings is 1. The van der Waals surface area contributed by atoms with Crippen LogP contribution in [0.25, 0.3) is 6.08 Å². The lowest BCUT2D eigenvalue weighted by Crippen LogP contribution is -2.03. The Balaban J connectivity index is 1.92. The van der Waals surface area contributed by atoms with E-state index in [0.717, 1.165) is 20.7 Å². The van der Waals surface area contributed by atoms with E-state index in [1.165, 1.54) is 11.3 Å². The van der Waals surface area contributed by atoms with Gasteiger partial charge in [-0.1, -0.05) is 12.1 Å². The number of methoxy groups -OCH3 is 1. The van der Waals surface area contributed by atoms with Crippen molar-refractivity contribution in [1.29, 1.82) is 0 Å². The first-order valence-corrected chi connectivity index (χ1v) is 7.74. The molecule has 0 saturated carbocycles. The summed E-state index contributed by atoms with van der Waals surface area (Å²) < 4.78 is 11.2. The minimum Gasteiger partial charge on any atom is -0.496 e. The van der Waals surface area contributed by atoms with E-state index >= 15 is 0 Å². The molecule has 106 valence electrons. The Labute approximate surface area is 133 Å². The maximum atomic E-state index is 11.9. The summed E-state index contributed by atoms with van der Waals surface area (Å²) >= 11 is 4.89. The zero-order valence-corrected chi connectivity index (χ0v) is 13.4. The Hall–Kier alpha value is -1.92. The van der Waals surface area contributed by atoms with Gasteiger partial charge >= 0.3 is 5.97 Å². The molecule has 1 aliphatic heterocycles. The molecule has 1 aromatic carbocycles. The number of hydrogen-bond acceptors (Lipinski definition) is 5. The van der Waals surface area contributed by atoms with Gasteiger partial charge in [-0.25, -0.2) is 9.79 Å². The summed E-state index contributed by atoms with van der Waals surface area (Å²) in [5.41, 5.74) is 1.13. The summed E-state index contributed by atoms with van der Waals surface area (Å²) in [7, 11) is 1.60. The van der Waals surface area contributed by atoms with E-state index in [1.807, 2.05) is 35.7 Å². The first kappa shape index (κ1) is 14.0. The van der Waals surface area contributed by atoms with Crippen LogP contribution < -0.4 is 4.74 Å². The van der Waals surface area contributed by atoms with Crippen LogP contribution >= 0.6 is 27.3 Å². The number of carbonyl (C=O) groups is 1. The van der Waals surface area contributed by atoms with E-state index in [9.17, 15) is 4.79 Å². The summed E-state index contributed by atoms with van der Waals surface area (Å²) in [6.45, 7) is 0. The van der Waals surface area contributed by atoms with Crippen LogP contribution in [0, 0.1) is 0 Å². The van der Waals surface area contributed by atoms with Gasteiger partial charge in [0.05, 0.1) is 16.5 Å². The molecule has 4 nitrogen and oxygen atoms in total. The highest BCUT2D eigenvalue weighted by Crippen LogP contribution is 2.27. The summed E-state index contributed by atoms with van der Waals surface area (Å²) in [5, 5.41) is 1.91. The summed E-state index contributed by atoms with van der Waals surface area (Å²) in [6.07, 6.45) is 1.69. The highest BCUT2D eigenvalue weighted by molar-refractivity contribution is 9.10. The Kier molecular flexibility index (Phi) is 3.90. The molecular weight excluding hydrogens is 354 g/mol. The molecule has 0 atom stereocenters. The van der Waals surface area contributed by atoms with E-state index in [-0.39, 0.29) is 5.70 Å². The zero-order valence-electron chi connectivity index (χ0n) is 11.0. The number of aliphatic imine (C=N–C) groups is 1. The smallest absolute Gasteiger partial charge is 0.363 e. The van der Waals surface area contributed by atoms with Crippen molar-refractivity contribution in [3.8, 4) is 5.75 Å². The molecule has 0 saturated heterocycles. The van der Waals surface area contributed by atoms with Crippen LogP contribution in [0.4, 0.5) is 0 Å². The Morgan fingerprint density at radius 3 is 2.90 bits per heavy atom. The number of hydrogen-bond donors (Lipinski definition) is 0. The van der Waals surface area contributed by atoms with Crippen LogP contribution in [0.2, 0.25) is 0 Å². The predicted molar refractivity (Wildman–Crippen MR) is 85.6 cm³/mol. The lowest BCUT2D eigenvalue weighted by Gasteiger charge is -2.03. The second-order valence-electron chi connectivity index (χ2n) is 4.21. The number of esters is 1. The molecule has 2 heterocycles. The number of ether oxygens (including phenoxy) is 2. The Morgan fingerprint density at radius 1 is 1.38 bits per heavy atom. The molecule has 0 amide bonds. The van der Waals surface area contributed by atoms with Crippen LogP contribution in [0.1, 0.15) is 10.4 Å². The van der Waals surface area contributed by atoms with Crippen molar-refractivity contribution in [3.63, 3.8) is 0 Å². The van der Waals surface area contributed by atoms with E-state index in [0.29, 0.717) is 5.90 Å². The molecule has 0 fully saturated rings. The molecule has 1 aromatic heterocycles. The van der Waals surface area contributed by atoms with Crippen LogP contribution in [0.5, 0.6) is 5.75 Å². The molecule has 3 rings (SSSR count). The lowest BCUT2D eigenvalue weighted by molar-refractivity contribution is -0.129. The largest absolute Gasteiger partial charge is 0.496 e. The van der Waals surface area contributed by atoms with Gasteiger partial charge in [-0.3, -0.25) is 0 Å². The zero-order chi connectivity index (χ0) is 14.8. The van der Waals surface area contributed by atoms with Crippen molar-refractivity contribution < 1.29 is 14.3 Å². The first-order valence-electron chi connectivity index (χ1n) is 6.07. The summed E-state index contributed by atoms with van der Waals surface area (Å²) in [5.74, 6) is 0.646. The minimum atomic E-state index is -0.439. The van der Waals surface area contributed by atoms with Crippen molar-refractivity contribution in [2.24, 2.45) is 4.99 Å². The molecule has 0 N–H and O–H groups in total. The number of nitrogens with zero attached hydrogens (tertiary/aromatic N) is 1. The standard InChI is InChI=1S/C15H10BrNO3S/c1-19-12-5-4-9(7-10(12)16)8-11-15(18)20-14(17-11)13-3-2-6-21-13/h2-8H,1H3. The number of benzene rings is 1. The summed E-state index contributed by atoms with van der Waals surface area (Å²) in [4.78, 5) is 16.9. The van der Waals surface area contributed by atoms with Gasteiger partial charge in [0.2, 0.25) is 5.90 Å². The first-order chi connectivity index (χ1) is 10.2. The molecule has 0 aliphatic carbocycles. The minimum absolute atomic E-state index is 0.287. The molecule has 0 bridgehead atoms. The highest BCUT2D eigenvalue weighted by Gasteiger charge is 2.24. The van der Waals surface area contributed by atoms with E-state index in [1.54, 1.807) is 13.2 Å². The van der Waals surface area contributed by atoms with Crippen LogP contribution in [0.15, 0.2) is 50.9 Å². The number of halogens is 1. The number of rotatable bonds is 3. The van der Waals surface area contributed by atoms with Gasteiger partial charge in [0, 0.05) is 0 Å². The molecule has 2 aromatic rings. The highest BCUT2D eigenvalue weighted by atomic mass is 79.9. The van der Waals surface area contributed by atoms with Gasteiger partial charge in [0.15, 0.2) is 5.70 Å². The lowest BCUT2D eigenvalue weighted by atomic mass is 10.2. The fourth-order valence-corrected chi connectivity index (χ4v) is 3.05. The SMILES string of the molecule is COc1ccc(C=C2N=C(c3cccs3)OC2=O)cc1Br. The van der Waals surface area contributed by atoms with Crippen molar-refractivity contribution in [2.75, 3.05) is 7.11 Å². The van der Waals surface area contributed by atoms with Gasteiger partial charge in [0.25, 0.3) is 0 Å². The van der Waals surface area contributed by atoms with Crippen LogP contribution in [-0.4, -0.2) is 19.0 Å². The van der Waals surface area contributed by atoms with Crippen LogP contribution in [0.3, 0.4) is 0 Å². The Morgan fingerprint density at radius 2 is 2.24 bits per heavy atom. The van der Waals surface area contributed by atoms with Gasteiger partial charge in [-0.05, 0) is 51.1 Å². The maximum absolute atomic E-state index is 11.9. The average Bonchev–Trinajstić information content (AvgIpc) is 3.10. The molecule has 0 radical (unpaired) electrons. The van der Waals surface area contributed by atoms with Crippen molar-refractivity contribution >= 4 is 45.2 Å². The number of carbonyl (C=O) groups excluding carboxylic acids is 1. The normalized spacial score (nSPS) is 16.0. The average molecular weight is 364 g/mol. The monoisotopic (exact) mass is 363 g/mol. The van der Waals surface area contributed by atoms with E-state index < -0.39 is 5.97 Å². The third-order valence-corrected chi connectivity index (χ3v) is 4.31. The molecule has 0 spiro atoms. The van der Waals surface area contributed by atoms with Crippen molar-refractivity contribution in [1.82, 2.24) is 0 Å². The molecule has 1 aliphatic rings. The second kappa shape index (κ2) is 5.83. The molecular formula is C15H10BrNO3S. The fraction of sp³-hybridized carbons (Fsp3) is 0.0667. The molecule has 21 heavy (non-hydrogen) atoms. The van der Waals surface area contributed by atoms with Gasteiger partial charge in [-0.15, -0.1) is 11.3 Å². The molecule has 0 unspecified atom stereocenters. The third kappa shape index (κ3) is 2.91. The van der Waals surface area contributed by atoms with Gasteiger partial charge < -0.3 is 9.47 Å². The number of cyclic esters (lactones) is 1. The molecule has 6 heteroatoms. The van der Waals surface area contributed by atoms with E-state index in [4.69, 9.17) is 9.47 Å². The second-order valence-corrected chi connectivity index (χ2v) is 6.01. The third-order valence-electron chi connectivity index (χ3n) is 2.83. The Bertz CT molecular complexity index is 750. The van der Waals surface area contributed by atoms with E-state index in [2.05, 4.69) is 20.9 Å². The predicted octanol–water partition coefficient (Wildman–Crippen LogP) is 3.86. The maximum Gasteiger partial charge on any atom is 0.363 e. The topological polar surface area (TPSA) is 47.9 Å². The fourth-order valence-electron chi connectivity index (χ4n) is 1.85. The van der Waals surface area contributed by atoms with Crippen molar-refractivity contribution in [3.05, 3.63) is 56.3 Å². The van der Waals surface area contributed by atoms with Crippen molar-refractivity contribution in [2.45, 2.75) is 0 Å². The van der Waals surface area contributed by atoms with Gasteiger partial charge in [0.1, 0.15) is 5.75 Å². The summed E-state index contributed by atoms with van der Waals surface area (Å²) in [6, 6.07) is 9.28.